The van der Waals surface area contributed by atoms with Crippen molar-refractivity contribution in [1.82, 2.24) is 0 Å². The van der Waals surface area contributed by atoms with Crippen molar-refractivity contribution in [2.75, 3.05) is 0 Å². The van der Waals surface area contributed by atoms with Crippen molar-refractivity contribution in [2.24, 2.45) is 35.0 Å². The molecule has 2 saturated carbocycles. The second-order valence-corrected chi connectivity index (χ2v) is 8.55. The highest BCUT2D eigenvalue weighted by Crippen LogP contribution is 2.75. The Hall–Kier alpha value is -0.660. The lowest BCUT2D eigenvalue weighted by Crippen LogP contribution is -2.52. The fourth-order valence-electron chi connectivity index (χ4n) is 5.50. The first kappa shape index (κ1) is 16.2. The zero-order chi connectivity index (χ0) is 16.1. The minimum atomic E-state index is -2.56. The van der Waals surface area contributed by atoms with Gasteiger partial charge in [0.25, 0.3) is 0 Å². The molecule has 0 heterocycles. The highest BCUT2D eigenvalue weighted by atomic mass is 19.3. The van der Waals surface area contributed by atoms with Gasteiger partial charge in [-0.3, -0.25) is 0 Å². The Morgan fingerprint density at radius 2 is 2.05 bits per heavy atom. The fraction of sp³-hybridized carbons (Fsp3) is 0.800. The number of halogens is 2. The van der Waals surface area contributed by atoms with E-state index in [-0.39, 0.29) is 6.42 Å². The van der Waals surface area contributed by atoms with E-state index in [9.17, 15) is 8.78 Å². The van der Waals surface area contributed by atoms with Gasteiger partial charge >= 0.3 is 0 Å². The molecule has 5 atom stereocenters. The van der Waals surface area contributed by atoms with Crippen LogP contribution in [0.2, 0.25) is 0 Å². The highest BCUT2D eigenvalue weighted by molar-refractivity contribution is 5.24. The van der Waals surface area contributed by atoms with Crippen LogP contribution in [0.5, 0.6) is 0 Å². The first-order chi connectivity index (χ1) is 10.2. The number of allylic oxidation sites excluding steroid dienone is 3. The van der Waals surface area contributed by atoms with E-state index in [1.54, 1.807) is 0 Å². The molecule has 0 N–H and O–H groups in total. The van der Waals surface area contributed by atoms with Crippen LogP contribution in [-0.4, -0.2) is 5.92 Å². The standard InChI is InChI=1S/C20H30F2/c1-13-5-6-17-16(12-13)18(20(17)9-10-20)15(3)11-14(2)7-8-19(4,21)22/h5-6,13,15-18H,2,7-12H2,1,3-4H3/t13-,15-,16+,17?,18-/m1/s1. The smallest absolute Gasteiger partial charge is 0.207 e. The normalized spacial score (nSPS) is 36.6. The van der Waals surface area contributed by atoms with Gasteiger partial charge in [0.05, 0.1) is 0 Å². The van der Waals surface area contributed by atoms with Crippen LogP contribution in [-0.2, 0) is 0 Å². The molecule has 0 saturated heterocycles. The van der Waals surface area contributed by atoms with Gasteiger partial charge in [0, 0.05) is 6.42 Å². The van der Waals surface area contributed by atoms with Gasteiger partial charge in [0.1, 0.15) is 0 Å². The van der Waals surface area contributed by atoms with Gasteiger partial charge in [0.15, 0.2) is 0 Å². The van der Waals surface area contributed by atoms with Crippen molar-refractivity contribution < 1.29 is 8.78 Å². The molecule has 0 radical (unpaired) electrons. The second-order valence-electron chi connectivity index (χ2n) is 8.55. The molecule has 3 rings (SSSR count). The predicted octanol–water partition coefficient (Wildman–Crippen LogP) is 6.24. The lowest BCUT2D eigenvalue weighted by atomic mass is 9.47. The topological polar surface area (TPSA) is 0 Å². The summed E-state index contributed by atoms with van der Waals surface area (Å²) in [5, 5.41) is 0. The first-order valence-corrected chi connectivity index (χ1v) is 8.96. The van der Waals surface area contributed by atoms with Crippen LogP contribution < -0.4 is 0 Å². The monoisotopic (exact) mass is 308 g/mol. The molecule has 3 aliphatic carbocycles. The molecule has 0 bridgehead atoms. The molecule has 3 aliphatic rings. The van der Waals surface area contributed by atoms with E-state index in [0.717, 1.165) is 36.7 Å². The summed E-state index contributed by atoms with van der Waals surface area (Å²) in [4.78, 5) is 0. The summed E-state index contributed by atoms with van der Waals surface area (Å²) in [7, 11) is 0. The van der Waals surface area contributed by atoms with E-state index in [1.807, 2.05) is 0 Å². The maximum atomic E-state index is 13.0. The van der Waals surface area contributed by atoms with Crippen LogP contribution >= 0.6 is 0 Å². The molecular formula is C20H30F2. The zero-order valence-electron chi connectivity index (χ0n) is 14.2. The van der Waals surface area contributed by atoms with Crippen LogP contribution in [0.25, 0.3) is 0 Å². The van der Waals surface area contributed by atoms with Crippen LogP contribution in [0.1, 0.15) is 59.3 Å². The third-order valence-corrected chi connectivity index (χ3v) is 6.51. The third-order valence-electron chi connectivity index (χ3n) is 6.51. The average Bonchev–Trinajstić information content (AvgIpc) is 3.17. The number of fused-ring (bicyclic) bond motifs is 2. The summed E-state index contributed by atoms with van der Waals surface area (Å²) in [5.41, 5.74) is 1.60. The summed E-state index contributed by atoms with van der Waals surface area (Å²) < 4.78 is 26.0. The minimum Gasteiger partial charge on any atom is -0.207 e. The number of rotatable bonds is 6. The van der Waals surface area contributed by atoms with Crippen LogP contribution in [0.3, 0.4) is 0 Å². The zero-order valence-corrected chi connectivity index (χ0v) is 14.2. The molecule has 1 unspecified atom stereocenters. The van der Waals surface area contributed by atoms with E-state index in [0.29, 0.717) is 23.7 Å². The molecule has 2 fully saturated rings. The van der Waals surface area contributed by atoms with Crippen LogP contribution in [0.15, 0.2) is 24.3 Å². The Balaban J connectivity index is 1.58. The molecule has 22 heavy (non-hydrogen) atoms. The van der Waals surface area contributed by atoms with E-state index in [4.69, 9.17) is 0 Å². The van der Waals surface area contributed by atoms with Crippen LogP contribution in [0.4, 0.5) is 8.78 Å². The van der Waals surface area contributed by atoms with Gasteiger partial charge in [-0.05, 0) is 74.0 Å². The quantitative estimate of drug-likeness (QED) is 0.509. The SMILES string of the molecule is C=C(CCC(C)(F)F)C[C@@H](C)[C@@H]1[C@H]2C[C@H](C)C=CC2C12CC2. The van der Waals surface area contributed by atoms with Gasteiger partial charge in [-0.25, -0.2) is 8.78 Å². The summed E-state index contributed by atoms with van der Waals surface area (Å²) in [6.07, 6.45) is 10.3. The molecule has 124 valence electrons. The molecule has 0 aliphatic heterocycles. The van der Waals surface area contributed by atoms with Crippen molar-refractivity contribution in [3.05, 3.63) is 24.3 Å². The third kappa shape index (κ3) is 2.90. The van der Waals surface area contributed by atoms with Gasteiger partial charge in [-0.15, -0.1) is 0 Å². The fourth-order valence-corrected chi connectivity index (χ4v) is 5.50. The Morgan fingerprint density at radius 1 is 1.36 bits per heavy atom. The van der Waals surface area contributed by atoms with E-state index in [2.05, 4.69) is 32.6 Å². The maximum absolute atomic E-state index is 13.0. The average molecular weight is 308 g/mol. The molecule has 0 aromatic rings. The molecule has 0 aromatic heterocycles. The number of hydrogen-bond acceptors (Lipinski definition) is 0. The molecule has 2 heteroatoms. The number of alkyl halides is 2. The molecule has 1 spiro atoms. The predicted molar refractivity (Wildman–Crippen MR) is 87.8 cm³/mol. The van der Waals surface area contributed by atoms with Crippen molar-refractivity contribution in [2.45, 2.75) is 65.2 Å². The summed E-state index contributed by atoms with van der Waals surface area (Å²) in [6, 6.07) is 0. The van der Waals surface area contributed by atoms with Gasteiger partial charge in [0.2, 0.25) is 5.92 Å². The molecule has 0 nitrogen and oxygen atoms in total. The summed E-state index contributed by atoms with van der Waals surface area (Å²) in [6.45, 7) is 9.73. The van der Waals surface area contributed by atoms with Gasteiger partial charge in [-0.2, -0.15) is 0 Å². The van der Waals surface area contributed by atoms with E-state index < -0.39 is 5.92 Å². The lowest BCUT2D eigenvalue weighted by molar-refractivity contribution is -0.0663. The van der Waals surface area contributed by atoms with Crippen molar-refractivity contribution in [3.8, 4) is 0 Å². The molecule has 0 amide bonds. The maximum Gasteiger partial charge on any atom is 0.245 e. The Bertz CT molecular complexity index is 467. The van der Waals surface area contributed by atoms with Crippen LogP contribution in [0, 0.1) is 35.0 Å². The minimum absolute atomic E-state index is 0.0554. The Kier molecular flexibility index (Phi) is 4.02. The van der Waals surface area contributed by atoms with E-state index >= 15 is 0 Å². The largest absolute Gasteiger partial charge is 0.245 e. The summed E-state index contributed by atoms with van der Waals surface area (Å²) in [5.74, 6) is 1.18. The van der Waals surface area contributed by atoms with Crippen molar-refractivity contribution in [1.29, 1.82) is 0 Å². The summed E-state index contributed by atoms with van der Waals surface area (Å²) >= 11 is 0. The Labute approximate surface area is 134 Å². The van der Waals surface area contributed by atoms with E-state index in [1.165, 1.54) is 19.3 Å². The first-order valence-electron chi connectivity index (χ1n) is 8.96. The van der Waals surface area contributed by atoms with Crippen molar-refractivity contribution >= 4 is 0 Å². The molecule has 0 aromatic carbocycles. The number of hydrogen-bond donors (Lipinski definition) is 0. The second kappa shape index (κ2) is 5.46. The van der Waals surface area contributed by atoms with Gasteiger partial charge in [-0.1, -0.05) is 38.2 Å². The van der Waals surface area contributed by atoms with Gasteiger partial charge < -0.3 is 0 Å². The van der Waals surface area contributed by atoms with Crippen molar-refractivity contribution in [3.63, 3.8) is 0 Å². The lowest BCUT2D eigenvalue weighted by Gasteiger charge is -2.58. The highest BCUT2D eigenvalue weighted by Gasteiger charge is 2.68. The Morgan fingerprint density at radius 3 is 2.64 bits per heavy atom. The molecular weight excluding hydrogens is 278 g/mol.